The van der Waals surface area contributed by atoms with Crippen molar-refractivity contribution in [2.24, 2.45) is 0 Å². The second kappa shape index (κ2) is 9.20. The molecule has 0 unspecified atom stereocenters. The summed E-state index contributed by atoms with van der Waals surface area (Å²) in [6.45, 7) is 1.06. The highest BCUT2D eigenvalue weighted by Gasteiger charge is 2.36. The van der Waals surface area contributed by atoms with Crippen LogP contribution in [0.25, 0.3) is 11.0 Å². The topological polar surface area (TPSA) is 84.3 Å². The third kappa shape index (κ3) is 4.16. The highest BCUT2D eigenvalue weighted by Crippen LogP contribution is 2.28. The van der Waals surface area contributed by atoms with Crippen LogP contribution in [-0.4, -0.2) is 27.3 Å². The fraction of sp³-hybridized carbons (Fsp3) is 0.0667. The minimum Gasteiger partial charge on any atom is -0.348 e. The second-order valence-electron chi connectivity index (χ2n) is 8.90. The molecule has 0 aliphatic carbocycles. The summed E-state index contributed by atoms with van der Waals surface area (Å²) in [5, 5.41) is 2.92. The quantitative estimate of drug-likeness (QED) is 0.349. The molecule has 0 saturated heterocycles. The number of hydrogen-bond acceptors (Lipinski definition) is 4. The Kier molecular flexibility index (Phi) is 5.58. The Morgan fingerprint density at radius 2 is 1.43 bits per heavy atom. The number of para-hydroxylation sites is 2. The number of benzene rings is 4. The molecule has 0 atom stereocenters. The first-order valence-corrected chi connectivity index (χ1v) is 11.9. The summed E-state index contributed by atoms with van der Waals surface area (Å²) < 4.78 is 2.10. The van der Waals surface area contributed by atoms with Crippen molar-refractivity contribution >= 4 is 34.4 Å². The molecule has 0 spiro atoms. The van der Waals surface area contributed by atoms with E-state index in [4.69, 9.17) is 0 Å². The van der Waals surface area contributed by atoms with Crippen molar-refractivity contribution in [2.75, 3.05) is 4.90 Å². The van der Waals surface area contributed by atoms with E-state index in [1.165, 1.54) is 0 Å². The zero-order valence-electron chi connectivity index (χ0n) is 19.8. The number of nitrogens with zero attached hydrogens (tertiary/aromatic N) is 3. The molecule has 1 aliphatic rings. The molecule has 2 heterocycles. The Morgan fingerprint density at radius 3 is 2.19 bits per heavy atom. The van der Waals surface area contributed by atoms with Crippen LogP contribution in [0.5, 0.6) is 0 Å². The standard InChI is InChI=1S/C30H22N4O3/c35-28(22-6-5-7-23(16-22)34-29(36)24-8-1-2-9-25(24)30(34)37)31-17-20-12-14-21(15-13-20)18-33-19-32-26-10-3-4-11-27(26)33/h1-16,19H,17-18H2,(H,31,35). The van der Waals surface area contributed by atoms with Crippen LogP contribution in [0.2, 0.25) is 0 Å². The van der Waals surface area contributed by atoms with Crippen LogP contribution in [0, 0.1) is 0 Å². The number of anilines is 1. The summed E-state index contributed by atoms with van der Waals surface area (Å²) in [5.41, 5.74) is 5.62. The molecule has 1 aliphatic heterocycles. The second-order valence-corrected chi connectivity index (χ2v) is 8.90. The zero-order chi connectivity index (χ0) is 25.4. The fourth-order valence-corrected chi connectivity index (χ4v) is 4.59. The molecule has 180 valence electrons. The number of rotatable bonds is 6. The van der Waals surface area contributed by atoms with E-state index < -0.39 is 0 Å². The Hall–Kier alpha value is -5.04. The first-order chi connectivity index (χ1) is 18.1. The van der Waals surface area contributed by atoms with Gasteiger partial charge in [0.25, 0.3) is 17.7 Å². The molecule has 7 heteroatoms. The molecule has 1 N–H and O–H groups in total. The lowest BCUT2D eigenvalue weighted by atomic mass is 10.1. The van der Waals surface area contributed by atoms with Gasteiger partial charge in [-0.2, -0.15) is 0 Å². The summed E-state index contributed by atoms with van der Waals surface area (Å²) in [7, 11) is 0. The third-order valence-electron chi connectivity index (χ3n) is 6.52. The monoisotopic (exact) mass is 486 g/mol. The van der Waals surface area contributed by atoms with E-state index in [0.717, 1.165) is 27.1 Å². The molecular weight excluding hydrogens is 464 g/mol. The number of amides is 3. The minimum absolute atomic E-state index is 0.285. The number of imidazole rings is 1. The molecule has 4 aromatic carbocycles. The number of nitrogens with one attached hydrogen (secondary N) is 1. The van der Waals surface area contributed by atoms with Crippen molar-refractivity contribution in [2.45, 2.75) is 13.1 Å². The van der Waals surface area contributed by atoms with Gasteiger partial charge in [-0.1, -0.05) is 54.6 Å². The lowest BCUT2D eigenvalue weighted by Gasteiger charge is -2.15. The Bertz CT molecular complexity index is 1640. The van der Waals surface area contributed by atoms with E-state index in [0.29, 0.717) is 35.5 Å². The summed E-state index contributed by atoms with van der Waals surface area (Å²) in [5.74, 6) is -1.06. The largest absolute Gasteiger partial charge is 0.348 e. The van der Waals surface area contributed by atoms with Crippen LogP contribution >= 0.6 is 0 Å². The summed E-state index contributed by atoms with van der Waals surface area (Å²) >= 11 is 0. The van der Waals surface area contributed by atoms with Crippen LogP contribution in [0.15, 0.2) is 103 Å². The van der Waals surface area contributed by atoms with Crippen LogP contribution in [0.4, 0.5) is 5.69 Å². The molecule has 3 amide bonds. The van der Waals surface area contributed by atoms with Crippen LogP contribution in [-0.2, 0) is 13.1 Å². The average molecular weight is 487 g/mol. The van der Waals surface area contributed by atoms with Gasteiger partial charge in [-0.3, -0.25) is 14.4 Å². The maximum atomic E-state index is 12.9. The van der Waals surface area contributed by atoms with Crippen molar-refractivity contribution < 1.29 is 14.4 Å². The van der Waals surface area contributed by atoms with Gasteiger partial charge in [0.1, 0.15) is 0 Å². The van der Waals surface area contributed by atoms with E-state index in [2.05, 4.69) is 20.9 Å². The summed E-state index contributed by atoms with van der Waals surface area (Å²) in [4.78, 5) is 44.0. The zero-order valence-corrected chi connectivity index (χ0v) is 19.8. The molecule has 0 fully saturated rings. The molecule has 6 rings (SSSR count). The van der Waals surface area contributed by atoms with E-state index in [-0.39, 0.29) is 17.7 Å². The predicted molar refractivity (Wildman–Crippen MR) is 140 cm³/mol. The van der Waals surface area contributed by atoms with Gasteiger partial charge in [-0.15, -0.1) is 0 Å². The number of carbonyl (C=O) groups excluding carboxylic acids is 3. The Labute approximate surface area is 213 Å². The van der Waals surface area contributed by atoms with Crippen molar-refractivity contribution in [3.05, 3.63) is 131 Å². The maximum absolute atomic E-state index is 12.9. The molecule has 37 heavy (non-hydrogen) atoms. The van der Waals surface area contributed by atoms with Crippen LogP contribution in [0.1, 0.15) is 42.2 Å². The number of carbonyl (C=O) groups is 3. The average Bonchev–Trinajstić information content (AvgIpc) is 3.46. The van der Waals surface area contributed by atoms with Crippen molar-refractivity contribution in [3.63, 3.8) is 0 Å². The van der Waals surface area contributed by atoms with Crippen molar-refractivity contribution in [1.82, 2.24) is 14.9 Å². The number of hydrogen-bond donors (Lipinski definition) is 1. The van der Waals surface area contributed by atoms with Crippen molar-refractivity contribution in [3.8, 4) is 0 Å². The molecule has 1 aromatic heterocycles. The van der Waals surface area contributed by atoms with Gasteiger partial charge in [-0.05, 0) is 53.6 Å². The fourth-order valence-electron chi connectivity index (χ4n) is 4.59. The normalized spacial score (nSPS) is 12.7. The number of aromatic nitrogens is 2. The first-order valence-electron chi connectivity index (χ1n) is 11.9. The lowest BCUT2D eigenvalue weighted by Crippen LogP contribution is -2.30. The number of imide groups is 1. The summed E-state index contributed by atoms with van der Waals surface area (Å²) in [6, 6.07) is 29.4. The van der Waals surface area contributed by atoms with Gasteiger partial charge < -0.3 is 9.88 Å². The van der Waals surface area contributed by atoms with E-state index in [1.54, 1.807) is 48.5 Å². The van der Waals surface area contributed by atoms with Crippen LogP contribution in [0.3, 0.4) is 0 Å². The van der Waals surface area contributed by atoms with Crippen LogP contribution < -0.4 is 10.2 Å². The van der Waals surface area contributed by atoms with E-state index >= 15 is 0 Å². The van der Waals surface area contributed by atoms with E-state index in [9.17, 15) is 14.4 Å². The van der Waals surface area contributed by atoms with Gasteiger partial charge in [0, 0.05) is 18.7 Å². The highest BCUT2D eigenvalue weighted by atomic mass is 16.2. The molecule has 0 bridgehead atoms. The number of fused-ring (bicyclic) bond motifs is 2. The van der Waals surface area contributed by atoms with Gasteiger partial charge >= 0.3 is 0 Å². The molecule has 0 radical (unpaired) electrons. The van der Waals surface area contributed by atoms with Gasteiger partial charge in [0.15, 0.2) is 0 Å². The summed E-state index contributed by atoms with van der Waals surface area (Å²) in [6.07, 6.45) is 1.84. The lowest BCUT2D eigenvalue weighted by molar-refractivity contribution is 0.0919. The smallest absolute Gasteiger partial charge is 0.266 e. The predicted octanol–water partition coefficient (Wildman–Crippen LogP) is 4.82. The Balaban J connectivity index is 1.11. The Morgan fingerprint density at radius 1 is 0.757 bits per heavy atom. The van der Waals surface area contributed by atoms with Gasteiger partial charge in [0.05, 0.1) is 34.2 Å². The molecule has 7 nitrogen and oxygen atoms in total. The van der Waals surface area contributed by atoms with Gasteiger partial charge in [0.2, 0.25) is 0 Å². The van der Waals surface area contributed by atoms with E-state index in [1.807, 2.05) is 48.8 Å². The highest BCUT2D eigenvalue weighted by molar-refractivity contribution is 6.34. The minimum atomic E-state index is -0.387. The molecule has 0 saturated carbocycles. The third-order valence-corrected chi connectivity index (χ3v) is 6.52. The van der Waals surface area contributed by atoms with Gasteiger partial charge in [-0.25, -0.2) is 9.88 Å². The van der Waals surface area contributed by atoms with Crippen molar-refractivity contribution in [1.29, 1.82) is 0 Å². The SMILES string of the molecule is O=C(NCc1ccc(Cn2cnc3ccccc32)cc1)c1cccc(N2C(=O)c3ccccc3C2=O)c1. The first kappa shape index (κ1) is 22.4. The molecule has 5 aromatic rings. The maximum Gasteiger partial charge on any atom is 0.266 e. The molecular formula is C30H22N4O3.